The smallest absolute Gasteiger partial charge is 0.134 e. The topological polar surface area (TPSA) is 37.8 Å². The van der Waals surface area contributed by atoms with Crippen LogP contribution in [0.3, 0.4) is 0 Å². The number of benzene rings is 1. The van der Waals surface area contributed by atoms with E-state index in [9.17, 15) is 4.39 Å². The van der Waals surface area contributed by atoms with Crippen LogP contribution in [0.15, 0.2) is 34.9 Å². The van der Waals surface area contributed by atoms with Crippen molar-refractivity contribution in [2.45, 2.75) is 39.2 Å². The van der Waals surface area contributed by atoms with Gasteiger partial charge in [0.25, 0.3) is 0 Å². The summed E-state index contributed by atoms with van der Waals surface area (Å²) in [6.45, 7) is 6.20. The van der Waals surface area contributed by atoms with Crippen molar-refractivity contribution < 1.29 is 4.39 Å². The second-order valence-corrected chi connectivity index (χ2v) is 6.28. The first-order valence-electron chi connectivity index (χ1n) is 6.99. The van der Waals surface area contributed by atoms with Crippen LogP contribution in [0.25, 0.3) is 0 Å². The Kier molecular flexibility index (Phi) is 5.28. The van der Waals surface area contributed by atoms with Gasteiger partial charge in [-0.3, -0.25) is 0 Å². The Bertz CT molecular complexity index is 599. The van der Waals surface area contributed by atoms with E-state index in [4.69, 9.17) is 0 Å². The molecule has 112 valence electrons. The molecule has 0 bridgehead atoms. The van der Waals surface area contributed by atoms with Gasteiger partial charge in [-0.05, 0) is 47.0 Å². The molecule has 3 nitrogen and oxygen atoms in total. The van der Waals surface area contributed by atoms with Gasteiger partial charge in [-0.2, -0.15) is 0 Å². The predicted octanol–water partition coefficient (Wildman–Crippen LogP) is 4.54. The van der Waals surface area contributed by atoms with E-state index in [-0.39, 0.29) is 17.8 Å². The number of nitrogens with zero attached hydrogens (tertiary/aromatic N) is 2. The van der Waals surface area contributed by atoms with E-state index in [1.165, 1.54) is 12.1 Å². The highest BCUT2D eigenvalue weighted by molar-refractivity contribution is 9.10. The van der Waals surface area contributed by atoms with E-state index < -0.39 is 0 Å². The van der Waals surface area contributed by atoms with E-state index in [1.807, 2.05) is 18.2 Å². The third-order valence-electron chi connectivity index (χ3n) is 3.08. The lowest BCUT2D eigenvalue weighted by Crippen LogP contribution is -2.19. The number of nitrogens with one attached hydrogen (secondary N) is 1. The summed E-state index contributed by atoms with van der Waals surface area (Å²) in [5, 5.41) is 3.37. The van der Waals surface area contributed by atoms with Crippen molar-refractivity contribution in [3.63, 3.8) is 0 Å². The average molecular weight is 352 g/mol. The third kappa shape index (κ3) is 4.77. The molecule has 1 atom stereocenters. The zero-order chi connectivity index (χ0) is 15.4. The van der Waals surface area contributed by atoms with Crippen molar-refractivity contribution in [1.82, 2.24) is 9.97 Å². The summed E-state index contributed by atoms with van der Waals surface area (Å²) in [5.74, 6) is 1.67. The summed E-state index contributed by atoms with van der Waals surface area (Å²) in [6.07, 6.45) is 0.804. The molecule has 2 rings (SSSR count). The van der Waals surface area contributed by atoms with Crippen molar-refractivity contribution in [1.29, 1.82) is 0 Å². The fraction of sp³-hybridized carbons (Fsp3) is 0.375. The molecule has 0 aliphatic heterocycles. The number of anilines is 1. The third-order valence-corrected chi connectivity index (χ3v) is 3.48. The first-order chi connectivity index (χ1) is 9.94. The highest BCUT2D eigenvalue weighted by atomic mass is 79.9. The van der Waals surface area contributed by atoms with Crippen LogP contribution >= 0.6 is 15.9 Å². The number of hydrogen-bond donors (Lipinski definition) is 1. The molecule has 21 heavy (non-hydrogen) atoms. The van der Waals surface area contributed by atoms with E-state index in [0.717, 1.165) is 28.2 Å². The lowest BCUT2D eigenvalue weighted by Gasteiger charge is -2.16. The van der Waals surface area contributed by atoms with Crippen LogP contribution in [0.2, 0.25) is 0 Å². The lowest BCUT2D eigenvalue weighted by molar-refractivity contribution is 0.626. The van der Waals surface area contributed by atoms with Crippen LogP contribution in [0.4, 0.5) is 10.2 Å². The van der Waals surface area contributed by atoms with Crippen molar-refractivity contribution in [2.75, 3.05) is 5.32 Å². The Morgan fingerprint density at radius 3 is 2.43 bits per heavy atom. The van der Waals surface area contributed by atoms with Gasteiger partial charge < -0.3 is 5.32 Å². The minimum Gasteiger partial charge on any atom is -0.367 e. The van der Waals surface area contributed by atoms with Crippen LogP contribution in [0.5, 0.6) is 0 Å². The molecule has 0 aliphatic rings. The summed E-state index contributed by atoms with van der Waals surface area (Å²) >= 11 is 3.41. The SMILES string of the molecule is CC(Cc1ccc(F)cc1)Nc1cc(Br)nc(C(C)C)n1. The summed E-state index contributed by atoms with van der Waals surface area (Å²) in [5.41, 5.74) is 1.09. The number of hydrogen-bond acceptors (Lipinski definition) is 3. The summed E-state index contributed by atoms with van der Waals surface area (Å²) in [6, 6.07) is 8.65. The van der Waals surface area contributed by atoms with E-state index in [0.29, 0.717) is 0 Å². The molecule has 1 aromatic carbocycles. The molecule has 1 unspecified atom stereocenters. The first kappa shape index (κ1) is 15.9. The molecule has 0 aliphatic carbocycles. The van der Waals surface area contributed by atoms with Crippen molar-refractivity contribution in [3.8, 4) is 0 Å². The van der Waals surface area contributed by atoms with Crippen LogP contribution in [0.1, 0.15) is 38.1 Å². The summed E-state index contributed by atoms with van der Waals surface area (Å²) in [4.78, 5) is 8.87. The number of rotatable bonds is 5. The van der Waals surface area contributed by atoms with Gasteiger partial charge in [-0.15, -0.1) is 0 Å². The lowest BCUT2D eigenvalue weighted by atomic mass is 10.1. The van der Waals surface area contributed by atoms with Crippen molar-refractivity contribution >= 4 is 21.7 Å². The largest absolute Gasteiger partial charge is 0.367 e. The minimum absolute atomic E-state index is 0.192. The Balaban J connectivity index is 2.05. The molecule has 0 fully saturated rings. The maximum absolute atomic E-state index is 12.9. The van der Waals surface area contributed by atoms with Gasteiger partial charge in [0.05, 0.1) is 0 Å². The molecule has 1 heterocycles. The van der Waals surface area contributed by atoms with Gasteiger partial charge in [0.2, 0.25) is 0 Å². The van der Waals surface area contributed by atoms with Crippen molar-refractivity contribution in [2.24, 2.45) is 0 Å². The van der Waals surface area contributed by atoms with Crippen LogP contribution < -0.4 is 5.32 Å². The molecule has 1 aromatic heterocycles. The fourth-order valence-electron chi connectivity index (χ4n) is 2.04. The second-order valence-electron chi connectivity index (χ2n) is 5.46. The summed E-state index contributed by atoms with van der Waals surface area (Å²) in [7, 11) is 0. The van der Waals surface area contributed by atoms with Gasteiger partial charge in [0, 0.05) is 18.0 Å². The van der Waals surface area contributed by atoms with Gasteiger partial charge in [0.1, 0.15) is 22.1 Å². The number of halogens is 2. The highest BCUT2D eigenvalue weighted by Crippen LogP contribution is 2.18. The zero-order valence-corrected chi connectivity index (χ0v) is 14.0. The molecule has 0 saturated carbocycles. The molecular formula is C16H19BrFN3. The molecular weight excluding hydrogens is 333 g/mol. The highest BCUT2D eigenvalue weighted by Gasteiger charge is 2.09. The zero-order valence-electron chi connectivity index (χ0n) is 12.4. The maximum atomic E-state index is 12.9. The summed E-state index contributed by atoms with van der Waals surface area (Å²) < 4.78 is 13.7. The molecule has 1 N–H and O–H groups in total. The van der Waals surface area contributed by atoms with Crippen LogP contribution in [-0.2, 0) is 6.42 Å². The predicted molar refractivity (Wildman–Crippen MR) is 87.0 cm³/mol. The van der Waals surface area contributed by atoms with E-state index >= 15 is 0 Å². The fourth-order valence-corrected chi connectivity index (χ4v) is 2.44. The van der Waals surface area contributed by atoms with Crippen molar-refractivity contribution in [3.05, 3.63) is 52.1 Å². The standard InChI is InChI=1S/C16H19BrFN3/c1-10(2)16-20-14(17)9-15(21-16)19-11(3)8-12-4-6-13(18)7-5-12/h4-7,9-11H,8H2,1-3H3,(H,19,20,21). The van der Waals surface area contributed by atoms with Gasteiger partial charge in [-0.1, -0.05) is 26.0 Å². The van der Waals surface area contributed by atoms with Gasteiger partial charge >= 0.3 is 0 Å². The Labute approximate surface area is 133 Å². The Hall–Kier alpha value is -1.49. The number of aromatic nitrogens is 2. The maximum Gasteiger partial charge on any atom is 0.134 e. The Morgan fingerprint density at radius 2 is 1.81 bits per heavy atom. The van der Waals surface area contributed by atoms with E-state index in [2.05, 4.69) is 52.0 Å². The van der Waals surface area contributed by atoms with E-state index in [1.54, 1.807) is 0 Å². The molecule has 0 saturated heterocycles. The second kappa shape index (κ2) is 6.98. The monoisotopic (exact) mass is 351 g/mol. The molecule has 2 aromatic rings. The van der Waals surface area contributed by atoms with Crippen LogP contribution in [0, 0.1) is 5.82 Å². The Morgan fingerprint density at radius 1 is 1.14 bits per heavy atom. The normalized spacial score (nSPS) is 12.5. The molecule has 0 spiro atoms. The van der Waals surface area contributed by atoms with Crippen LogP contribution in [-0.4, -0.2) is 16.0 Å². The quantitative estimate of drug-likeness (QED) is 0.803. The molecule has 0 radical (unpaired) electrons. The average Bonchev–Trinajstić information content (AvgIpc) is 2.40. The van der Waals surface area contributed by atoms with Gasteiger partial charge in [-0.25, -0.2) is 14.4 Å². The molecule has 0 amide bonds. The molecule has 5 heteroatoms. The first-order valence-corrected chi connectivity index (χ1v) is 7.79. The minimum atomic E-state index is -0.208. The van der Waals surface area contributed by atoms with Gasteiger partial charge in [0.15, 0.2) is 0 Å².